The second-order valence-corrected chi connectivity index (χ2v) is 7.65. The molecule has 0 aliphatic carbocycles. The largest absolute Gasteiger partial charge is 0.432 e. The molecule has 0 saturated carbocycles. The van der Waals surface area contributed by atoms with Crippen LogP contribution in [0.1, 0.15) is 59.6 Å². The van der Waals surface area contributed by atoms with E-state index in [0.29, 0.717) is 0 Å². The van der Waals surface area contributed by atoms with Gasteiger partial charge in [-0.3, -0.25) is 0 Å². The Labute approximate surface area is 129 Å². The first-order valence-corrected chi connectivity index (χ1v) is 8.29. The van der Waals surface area contributed by atoms with Crippen molar-refractivity contribution >= 4 is 6.01 Å². The molecule has 1 saturated heterocycles. The Kier molecular flexibility index (Phi) is 5.31. The monoisotopic (exact) mass is 293 g/mol. The number of oxazole rings is 1. The summed E-state index contributed by atoms with van der Waals surface area (Å²) in [5.41, 5.74) is 1.09. The SMILES string of the molecule is CC(C)C1CCCN(c2nc(CNC(C)(C)C)co2)CC1. The summed E-state index contributed by atoms with van der Waals surface area (Å²) >= 11 is 0. The third-order valence-electron chi connectivity index (χ3n) is 4.33. The Morgan fingerprint density at radius 1 is 1.33 bits per heavy atom. The van der Waals surface area contributed by atoms with Crippen molar-refractivity contribution in [3.8, 4) is 0 Å². The normalized spacial score (nSPS) is 20.9. The number of rotatable bonds is 4. The molecule has 21 heavy (non-hydrogen) atoms. The third kappa shape index (κ3) is 5.03. The van der Waals surface area contributed by atoms with Crippen molar-refractivity contribution < 1.29 is 4.42 Å². The number of anilines is 1. The van der Waals surface area contributed by atoms with Crippen molar-refractivity contribution in [2.75, 3.05) is 18.0 Å². The average molecular weight is 293 g/mol. The molecule has 1 aliphatic rings. The lowest BCUT2D eigenvalue weighted by molar-refractivity contribution is 0.351. The van der Waals surface area contributed by atoms with Gasteiger partial charge in [0.2, 0.25) is 0 Å². The van der Waals surface area contributed by atoms with Gasteiger partial charge in [0.1, 0.15) is 6.26 Å². The van der Waals surface area contributed by atoms with E-state index in [9.17, 15) is 0 Å². The molecule has 1 aromatic rings. The van der Waals surface area contributed by atoms with Crippen LogP contribution in [0.5, 0.6) is 0 Å². The summed E-state index contributed by atoms with van der Waals surface area (Å²) in [7, 11) is 0. The van der Waals surface area contributed by atoms with Crippen LogP contribution in [0.15, 0.2) is 10.7 Å². The molecule has 1 unspecified atom stereocenters. The van der Waals surface area contributed by atoms with Gasteiger partial charge in [-0.2, -0.15) is 4.98 Å². The Balaban J connectivity index is 1.92. The quantitative estimate of drug-likeness (QED) is 0.916. The second-order valence-electron chi connectivity index (χ2n) is 7.65. The van der Waals surface area contributed by atoms with Crippen LogP contribution in [0.3, 0.4) is 0 Å². The topological polar surface area (TPSA) is 41.3 Å². The first kappa shape index (κ1) is 16.3. The molecule has 4 nitrogen and oxygen atoms in total. The molecule has 1 aliphatic heterocycles. The van der Waals surface area contributed by atoms with Crippen molar-refractivity contribution in [1.29, 1.82) is 0 Å². The lowest BCUT2D eigenvalue weighted by Gasteiger charge is -2.20. The summed E-state index contributed by atoms with van der Waals surface area (Å²) in [6.07, 6.45) is 5.60. The smallest absolute Gasteiger partial charge is 0.297 e. The van der Waals surface area contributed by atoms with Crippen LogP contribution in [-0.2, 0) is 6.54 Å². The molecular weight excluding hydrogens is 262 g/mol. The van der Waals surface area contributed by atoms with Gasteiger partial charge in [0.05, 0.1) is 5.69 Å². The zero-order valence-electron chi connectivity index (χ0n) is 14.3. The van der Waals surface area contributed by atoms with Crippen LogP contribution in [0, 0.1) is 11.8 Å². The molecule has 1 aromatic heterocycles. The molecule has 0 aromatic carbocycles. The number of nitrogens with one attached hydrogen (secondary N) is 1. The summed E-state index contributed by atoms with van der Waals surface area (Å²) in [6.45, 7) is 14.0. The van der Waals surface area contributed by atoms with Crippen LogP contribution in [0.25, 0.3) is 0 Å². The molecule has 120 valence electrons. The van der Waals surface area contributed by atoms with Crippen molar-refractivity contribution in [3.63, 3.8) is 0 Å². The fourth-order valence-electron chi connectivity index (χ4n) is 2.86. The summed E-state index contributed by atoms with van der Waals surface area (Å²) in [6, 6.07) is 0.796. The fraction of sp³-hybridized carbons (Fsp3) is 0.824. The van der Waals surface area contributed by atoms with Crippen LogP contribution >= 0.6 is 0 Å². The molecule has 0 radical (unpaired) electrons. The zero-order chi connectivity index (χ0) is 15.5. The molecule has 1 fully saturated rings. The predicted molar refractivity (Wildman–Crippen MR) is 87.5 cm³/mol. The molecular formula is C17H31N3O. The van der Waals surface area contributed by atoms with Crippen LogP contribution in [0.4, 0.5) is 6.01 Å². The highest BCUT2D eigenvalue weighted by Gasteiger charge is 2.22. The molecule has 0 spiro atoms. The molecule has 1 atom stereocenters. The van der Waals surface area contributed by atoms with E-state index >= 15 is 0 Å². The zero-order valence-corrected chi connectivity index (χ0v) is 14.3. The molecule has 1 N–H and O–H groups in total. The van der Waals surface area contributed by atoms with Crippen molar-refractivity contribution in [1.82, 2.24) is 10.3 Å². The molecule has 0 bridgehead atoms. The van der Waals surface area contributed by atoms with Gasteiger partial charge in [-0.15, -0.1) is 0 Å². The van der Waals surface area contributed by atoms with Crippen LogP contribution < -0.4 is 10.2 Å². The fourth-order valence-corrected chi connectivity index (χ4v) is 2.86. The van der Waals surface area contributed by atoms with Gasteiger partial charge < -0.3 is 14.6 Å². The highest BCUT2D eigenvalue weighted by atomic mass is 16.4. The van der Waals surface area contributed by atoms with E-state index in [4.69, 9.17) is 4.42 Å². The summed E-state index contributed by atoms with van der Waals surface area (Å²) in [5, 5.41) is 3.45. The van der Waals surface area contributed by atoms with E-state index in [1.807, 2.05) is 0 Å². The van der Waals surface area contributed by atoms with E-state index in [2.05, 4.69) is 49.8 Å². The standard InChI is InChI=1S/C17H31N3O/c1-13(2)14-7-6-9-20(10-8-14)16-19-15(12-21-16)11-18-17(3,4)5/h12-14,18H,6-11H2,1-5H3. The number of nitrogens with zero attached hydrogens (tertiary/aromatic N) is 2. The maximum absolute atomic E-state index is 5.70. The summed E-state index contributed by atoms with van der Waals surface area (Å²) in [5.74, 6) is 1.62. The summed E-state index contributed by atoms with van der Waals surface area (Å²) < 4.78 is 5.70. The lowest BCUT2D eigenvalue weighted by Crippen LogP contribution is -2.35. The highest BCUT2D eigenvalue weighted by molar-refractivity contribution is 5.27. The number of hydrogen-bond acceptors (Lipinski definition) is 4. The van der Waals surface area contributed by atoms with Crippen molar-refractivity contribution in [2.24, 2.45) is 11.8 Å². The van der Waals surface area contributed by atoms with E-state index < -0.39 is 0 Å². The maximum Gasteiger partial charge on any atom is 0.297 e. The van der Waals surface area contributed by atoms with Gasteiger partial charge in [-0.25, -0.2) is 0 Å². The van der Waals surface area contributed by atoms with E-state index in [-0.39, 0.29) is 5.54 Å². The van der Waals surface area contributed by atoms with Gasteiger partial charge >= 0.3 is 0 Å². The van der Waals surface area contributed by atoms with E-state index in [1.54, 1.807) is 6.26 Å². The molecule has 2 heterocycles. The average Bonchev–Trinajstić information content (AvgIpc) is 2.71. The van der Waals surface area contributed by atoms with E-state index in [1.165, 1.54) is 19.3 Å². The van der Waals surface area contributed by atoms with Gasteiger partial charge in [-0.1, -0.05) is 13.8 Å². The number of aromatic nitrogens is 1. The van der Waals surface area contributed by atoms with Gasteiger partial charge in [0, 0.05) is 25.2 Å². The lowest BCUT2D eigenvalue weighted by atomic mass is 9.89. The minimum absolute atomic E-state index is 0.103. The first-order valence-electron chi connectivity index (χ1n) is 8.29. The first-order chi connectivity index (χ1) is 9.85. The van der Waals surface area contributed by atoms with Gasteiger partial charge in [0.15, 0.2) is 0 Å². The van der Waals surface area contributed by atoms with Crippen molar-refractivity contribution in [2.45, 2.75) is 66.0 Å². The maximum atomic E-state index is 5.70. The van der Waals surface area contributed by atoms with E-state index in [0.717, 1.165) is 43.2 Å². The number of hydrogen-bond donors (Lipinski definition) is 1. The second kappa shape index (κ2) is 6.82. The Morgan fingerprint density at radius 2 is 2.10 bits per heavy atom. The molecule has 0 amide bonds. The highest BCUT2D eigenvalue weighted by Crippen LogP contribution is 2.27. The van der Waals surface area contributed by atoms with Gasteiger partial charge in [-0.05, 0) is 51.9 Å². The Hall–Kier alpha value is -1.03. The minimum Gasteiger partial charge on any atom is -0.432 e. The Morgan fingerprint density at radius 3 is 2.76 bits per heavy atom. The van der Waals surface area contributed by atoms with Crippen LogP contribution in [0.2, 0.25) is 0 Å². The third-order valence-corrected chi connectivity index (χ3v) is 4.33. The molecule has 2 rings (SSSR count). The predicted octanol–water partition coefficient (Wildman–Crippen LogP) is 3.83. The van der Waals surface area contributed by atoms with Crippen LogP contribution in [-0.4, -0.2) is 23.6 Å². The Bertz CT molecular complexity index is 433. The van der Waals surface area contributed by atoms with Crippen molar-refractivity contribution in [3.05, 3.63) is 12.0 Å². The summed E-state index contributed by atoms with van der Waals surface area (Å²) in [4.78, 5) is 6.95. The minimum atomic E-state index is 0.103. The molecule has 4 heteroatoms. The van der Waals surface area contributed by atoms with Gasteiger partial charge in [0.25, 0.3) is 6.01 Å².